The Morgan fingerprint density at radius 3 is 2.30 bits per heavy atom. The SMILES string of the molecule is O=C(Nc1ccc([N+](=O)[O-])cc1I)c1ccc(I)cc1. The van der Waals surface area contributed by atoms with Gasteiger partial charge in [0.1, 0.15) is 0 Å². The van der Waals surface area contributed by atoms with E-state index in [1.807, 2.05) is 34.7 Å². The minimum Gasteiger partial charge on any atom is -0.321 e. The first-order chi connectivity index (χ1) is 9.47. The van der Waals surface area contributed by atoms with Gasteiger partial charge in [0, 0.05) is 24.8 Å². The Balaban J connectivity index is 2.19. The number of carbonyl (C=O) groups excluding carboxylic acids is 1. The van der Waals surface area contributed by atoms with E-state index >= 15 is 0 Å². The van der Waals surface area contributed by atoms with E-state index in [-0.39, 0.29) is 11.6 Å². The first kappa shape index (κ1) is 15.2. The average molecular weight is 494 g/mol. The molecule has 7 heteroatoms. The maximum atomic E-state index is 12.0. The maximum Gasteiger partial charge on any atom is 0.270 e. The molecule has 1 N–H and O–H groups in total. The molecule has 102 valence electrons. The van der Waals surface area contributed by atoms with E-state index in [0.717, 1.165) is 3.57 Å². The molecule has 1 amide bonds. The van der Waals surface area contributed by atoms with Crippen molar-refractivity contribution in [3.05, 3.63) is 65.3 Å². The molecule has 2 rings (SSSR count). The van der Waals surface area contributed by atoms with Crippen LogP contribution in [-0.4, -0.2) is 10.8 Å². The Morgan fingerprint density at radius 1 is 1.10 bits per heavy atom. The van der Waals surface area contributed by atoms with Crippen molar-refractivity contribution in [3.8, 4) is 0 Å². The molecule has 5 nitrogen and oxygen atoms in total. The van der Waals surface area contributed by atoms with Crippen LogP contribution in [0.2, 0.25) is 0 Å². The van der Waals surface area contributed by atoms with Crippen molar-refractivity contribution in [1.29, 1.82) is 0 Å². The Kier molecular flexibility index (Phi) is 4.91. The zero-order chi connectivity index (χ0) is 14.7. The normalized spacial score (nSPS) is 10.1. The fourth-order valence-corrected chi connectivity index (χ4v) is 2.51. The second-order valence-electron chi connectivity index (χ2n) is 3.88. The fraction of sp³-hybridized carbons (Fsp3) is 0. The quantitative estimate of drug-likeness (QED) is 0.398. The van der Waals surface area contributed by atoms with Crippen LogP contribution in [0.3, 0.4) is 0 Å². The highest BCUT2D eigenvalue weighted by molar-refractivity contribution is 14.1. The molecular formula is C13H8I2N2O3. The van der Waals surface area contributed by atoms with Gasteiger partial charge >= 0.3 is 0 Å². The van der Waals surface area contributed by atoms with Crippen molar-refractivity contribution in [2.45, 2.75) is 0 Å². The summed E-state index contributed by atoms with van der Waals surface area (Å²) in [5.74, 6) is -0.242. The fourth-order valence-electron chi connectivity index (χ4n) is 1.51. The molecule has 0 aliphatic rings. The lowest BCUT2D eigenvalue weighted by molar-refractivity contribution is -0.384. The van der Waals surface area contributed by atoms with Crippen molar-refractivity contribution < 1.29 is 9.72 Å². The van der Waals surface area contributed by atoms with Gasteiger partial charge in [0.15, 0.2) is 0 Å². The molecule has 0 radical (unpaired) electrons. The summed E-state index contributed by atoms with van der Waals surface area (Å²) >= 11 is 4.12. The Bertz CT molecular complexity index is 672. The predicted molar refractivity (Wildman–Crippen MR) is 92.9 cm³/mol. The van der Waals surface area contributed by atoms with E-state index in [1.54, 1.807) is 12.1 Å². The van der Waals surface area contributed by atoms with Gasteiger partial charge in [-0.25, -0.2) is 0 Å². The summed E-state index contributed by atoms with van der Waals surface area (Å²) in [6.07, 6.45) is 0. The number of amides is 1. The number of rotatable bonds is 3. The molecule has 0 atom stereocenters. The van der Waals surface area contributed by atoms with E-state index in [9.17, 15) is 14.9 Å². The summed E-state index contributed by atoms with van der Waals surface area (Å²) in [5.41, 5.74) is 1.10. The molecule has 0 bridgehead atoms. The van der Waals surface area contributed by atoms with Crippen LogP contribution in [0, 0.1) is 17.3 Å². The summed E-state index contributed by atoms with van der Waals surface area (Å²) in [7, 11) is 0. The predicted octanol–water partition coefficient (Wildman–Crippen LogP) is 4.06. The molecular weight excluding hydrogens is 486 g/mol. The highest BCUT2D eigenvalue weighted by Gasteiger charge is 2.12. The second-order valence-corrected chi connectivity index (χ2v) is 6.29. The van der Waals surface area contributed by atoms with E-state index in [1.165, 1.54) is 18.2 Å². The molecule has 0 aliphatic carbocycles. The Hall–Kier alpha value is -1.23. The molecule has 2 aromatic rings. The first-order valence-corrected chi connectivity index (χ1v) is 7.64. The molecule has 20 heavy (non-hydrogen) atoms. The Labute approximate surface area is 142 Å². The summed E-state index contributed by atoms with van der Waals surface area (Å²) < 4.78 is 1.67. The number of non-ortho nitro benzene ring substituents is 1. The van der Waals surface area contributed by atoms with Gasteiger partial charge in [-0.05, 0) is 75.5 Å². The van der Waals surface area contributed by atoms with Gasteiger partial charge in [0.25, 0.3) is 11.6 Å². The zero-order valence-electron chi connectivity index (χ0n) is 9.97. The summed E-state index contributed by atoms with van der Waals surface area (Å²) in [5, 5.41) is 13.4. The number of carbonyl (C=O) groups is 1. The summed E-state index contributed by atoms with van der Waals surface area (Å²) in [4.78, 5) is 22.2. The first-order valence-electron chi connectivity index (χ1n) is 5.48. The van der Waals surface area contributed by atoms with Gasteiger partial charge in [0.05, 0.1) is 10.6 Å². The highest BCUT2D eigenvalue weighted by atomic mass is 127. The lowest BCUT2D eigenvalue weighted by Gasteiger charge is -2.07. The molecule has 0 saturated carbocycles. The number of nitro groups is 1. The topological polar surface area (TPSA) is 72.2 Å². The highest BCUT2D eigenvalue weighted by Crippen LogP contribution is 2.24. The number of nitro benzene ring substituents is 1. The van der Waals surface area contributed by atoms with Gasteiger partial charge in [-0.2, -0.15) is 0 Å². The third kappa shape index (κ3) is 3.66. The van der Waals surface area contributed by atoms with Crippen molar-refractivity contribution in [2.75, 3.05) is 5.32 Å². The molecule has 0 aliphatic heterocycles. The third-order valence-electron chi connectivity index (χ3n) is 2.52. The minimum absolute atomic E-state index is 0.00154. The zero-order valence-corrected chi connectivity index (χ0v) is 14.3. The smallest absolute Gasteiger partial charge is 0.270 e. The largest absolute Gasteiger partial charge is 0.321 e. The number of nitrogens with one attached hydrogen (secondary N) is 1. The number of benzene rings is 2. The summed E-state index contributed by atoms with van der Waals surface area (Å²) in [6.45, 7) is 0. The van der Waals surface area contributed by atoms with Crippen LogP contribution in [0.1, 0.15) is 10.4 Å². The molecule has 0 heterocycles. The minimum atomic E-state index is -0.465. The van der Waals surface area contributed by atoms with Crippen LogP contribution in [-0.2, 0) is 0 Å². The molecule has 0 saturated heterocycles. The number of hydrogen-bond acceptors (Lipinski definition) is 3. The number of anilines is 1. The van der Waals surface area contributed by atoms with Gasteiger partial charge in [0.2, 0.25) is 0 Å². The Morgan fingerprint density at radius 2 is 1.75 bits per heavy atom. The van der Waals surface area contributed by atoms with Crippen LogP contribution in [0.15, 0.2) is 42.5 Å². The number of nitrogens with zero attached hydrogens (tertiary/aromatic N) is 1. The van der Waals surface area contributed by atoms with Gasteiger partial charge < -0.3 is 5.32 Å². The van der Waals surface area contributed by atoms with Crippen LogP contribution in [0.4, 0.5) is 11.4 Å². The lowest BCUT2D eigenvalue weighted by atomic mass is 10.2. The van der Waals surface area contributed by atoms with E-state index in [4.69, 9.17) is 0 Å². The van der Waals surface area contributed by atoms with Crippen molar-refractivity contribution in [3.63, 3.8) is 0 Å². The third-order valence-corrected chi connectivity index (χ3v) is 4.13. The monoisotopic (exact) mass is 494 g/mol. The van der Waals surface area contributed by atoms with E-state index in [2.05, 4.69) is 27.9 Å². The molecule has 2 aromatic carbocycles. The molecule has 0 fully saturated rings. The number of halogens is 2. The lowest BCUT2D eigenvalue weighted by Crippen LogP contribution is -2.12. The van der Waals surface area contributed by atoms with Gasteiger partial charge in [-0.3, -0.25) is 14.9 Å². The molecule has 0 spiro atoms. The van der Waals surface area contributed by atoms with Crippen molar-refractivity contribution >= 4 is 62.5 Å². The van der Waals surface area contributed by atoms with Crippen molar-refractivity contribution in [1.82, 2.24) is 0 Å². The van der Waals surface area contributed by atoms with Gasteiger partial charge in [-0.15, -0.1) is 0 Å². The van der Waals surface area contributed by atoms with Crippen LogP contribution >= 0.6 is 45.2 Å². The summed E-state index contributed by atoms with van der Waals surface area (Å²) in [6, 6.07) is 11.5. The van der Waals surface area contributed by atoms with E-state index in [0.29, 0.717) is 14.8 Å². The van der Waals surface area contributed by atoms with Gasteiger partial charge in [-0.1, -0.05) is 0 Å². The second kappa shape index (κ2) is 6.48. The standard InChI is InChI=1S/C13H8I2N2O3/c14-9-3-1-8(2-4-9)13(18)16-12-6-5-10(17(19)20)7-11(12)15/h1-7H,(H,16,18). The molecule has 0 aromatic heterocycles. The van der Waals surface area contributed by atoms with Crippen LogP contribution in [0.5, 0.6) is 0 Å². The molecule has 0 unspecified atom stereocenters. The van der Waals surface area contributed by atoms with E-state index < -0.39 is 4.92 Å². The van der Waals surface area contributed by atoms with Crippen LogP contribution < -0.4 is 5.32 Å². The van der Waals surface area contributed by atoms with Crippen molar-refractivity contribution in [2.24, 2.45) is 0 Å². The average Bonchev–Trinajstić information content (AvgIpc) is 2.41. The number of hydrogen-bond donors (Lipinski definition) is 1. The van der Waals surface area contributed by atoms with Crippen LogP contribution in [0.25, 0.3) is 0 Å². The maximum absolute atomic E-state index is 12.0.